The molecule has 0 aliphatic carbocycles. The molecule has 0 heterocycles. The highest BCUT2D eigenvalue weighted by atomic mass is 19.1. The standard InChI is InChI=1S/C15H19FN2O4/c1-9(19)17-10-4-5-11(16)12(6-10)18-13(20)7-15(2,3)8-14(21)22/h4-6H,7-8H2,1-3H3,(H,17,19)(H,18,20)(H,21,22). The van der Waals surface area contributed by atoms with E-state index in [1.807, 2.05) is 0 Å². The second kappa shape index (κ2) is 7.02. The van der Waals surface area contributed by atoms with Gasteiger partial charge in [0.25, 0.3) is 0 Å². The number of halogens is 1. The van der Waals surface area contributed by atoms with Crippen molar-refractivity contribution in [3.05, 3.63) is 24.0 Å². The molecule has 0 unspecified atom stereocenters. The molecule has 1 aromatic rings. The molecule has 7 heteroatoms. The lowest BCUT2D eigenvalue weighted by molar-refractivity contribution is -0.139. The lowest BCUT2D eigenvalue weighted by Crippen LogP contribution is -2.25. The molecule has 22 heavy (non-hydrogen) atoms. The molecule has 0 saturated heterocycles. The van der Waals surface area contributed by atoms with Gasteiger partial charge in [-0.15, -0.1) is 0 Å². The summed E-state index contributed by atoms with van der Waals surface area (Å²) in [5.74, 6) is -2.45. The molecule has 0 bridgehead atoms. The van der Waals surface area contributed by atoms with Gasteiger partial charge in [0.15, 0.2) is 0 Å². The number of nitrogens with one attached hydrogen (secondary N) is 2. The molecular formula is C15H19FN2O4. The van der Waals surface area contributed by atoms with Crippen molar-refractivity contribution in [2.24, 2.45) is 5.41 Å². The Morgan fingerprint density at radius 3 is 2.36 bits per heavy atom. The molecule has 0 spiro atoms. The number of rotatable bonds is 6. The third kappa shape index (κ3) is 5.90. The molecule has 0 fully saturated rings. The minimum absolute atomic E-state index is 0.0664. The van der Waals surface area contributed by atoms with Crippen molar-refractivity contribution in [3.8, 4) is 0 Å². The van der Waals surface area contributed by atoms with E-state index in [1.54, 1.807) is 13.8 Å². The van der Waals surface area contributed by atoms with E-state index in [0.717, 1.165) is 6.07 Å². The molecule has 6 nitrogen and oxygen atoms in total. The number of carboxylic acids is 1. The van der Waals surface area contributed by atoms with Crippen LogP contribution >= 0.6 is 0 Å². The highest BCUT2D eigenvalue weighted by molar-refractivity contribution is 5.93. The molecule has 0 atom stereocenters. The van der Waals surface area contributed by atoms with Gasteiger partial charge in [-0.05, 0) is 23.6 Å². The second-order valence-corrected chi connectivity index (χ2v) is 5.84. The quantitative estimate of drug-likeness (QED) is 0.752. The average molecular weight is 310 g/mol. The van der Waals surface area contributed by atoms with Crippen LogP contribution in [-0.2, 0) is 14.4 Å². The van der Waals surface area contributed by atoms with Gasteiger partial charge in [0.2, 0.25) is 11.8 Å². The first-order valence-corrected chi connectivity index (χ1v) is 6.68. The second-order valence-electron chi connectivity index (χ2n) is 5.84. The van der Waals surface area contributed by atoms with Crippen LogP contribution in [0, 0.1) is 11.2 Å². The number of amides is 2. The van der Waals surface area contributed by atoms with Crippen molar-refractivity contribution in [2.75, 3.05) is 10.6 Å². The van der Waals surface area contributed by atoms with Gasteiger partial charge in [-0.1, -0.05) is 13.8 Å². The third-order valence-corrected chi connectivity index (χ3v) is 2.83. The molecule has 2 amide bonds. The number of hydrogen-bond acceptors (Lipinski definition) is 3. The summed E-state index contributed by atoms with van der Waals surface area (Å²) in [7, 11) is 0. The predicted octanol–water partition coefficient (Wildman–Crippen LogP) is 2.61. The van der Waals surface area contributed by atoms with Gasteiger partial charge in [-0.25, -0.2) is 4.39 Å². The fraction of sp³-hybridized carbons (Fsp3) is 0.400. The molecule has 0 saturated carbocycles. The smallest absolute Gasteiger partial charge is 0.303 e. The van der Waals surface area contributed by atoms with E-state index >= 15 is 0 Å². The van der Waals surface area contributed by atoms with Crippen LogP contribution in [0.25, 0.3) is 0 Å². The maximum absolute atomic E-state index is 13.7. The average Bonchev–Trinajstić information content (AvgIpc) is 2.29. The molecular weight excluding hydrogens is 291 g/mol. The summed E-state index contributed by atoms with van der Waals surface area (Å²) in [5, 5.41) is 13.7. The lowest BCUT2D eigenvalue weighted by Gasteiger charge is -2.21. The fourth-order valence-corrected chi connectivity index (χ4v) is 2.00. The van der Waals surface area contributed by atoms with Crippen LogP contribution in [0.2, 0.25) is 0 Å². The van der Waals surface area contributed by atoms with Gasteiger partial charge >= 0.3 is 5.97 Å². The topological polar surface area (TPSA) is 95.5 Å². The number of carbonyl (C=O) groups is 3. The summed E-state index contributed by atoms with van der Waals surface area (Å²) in [4.78, 5) is 33.6. The highest BCUT2D eigenvalue weighted by Crippen LogP contribution is 2.26. The fourth-order valence-electron chi connectivity index (χ4n) is 2.00. The Labute approximate surface area is 127 Å². The van der Waals surface area contributed by atoms with E-state index in [2.05, 4.69) is 10.6 Å². The van der Waals surface area contributed by atoms with Crippen molar-refractivity contribution in [3.63, 3.8) is 0 Å². The Morgan fingerprint density at radius 2 is 1.82 bits per heavy atom. The van der Waals surface area contributed by atoms with Crippen LogP contribution in [0.4, 0.5) is 15.8 Å². The summed E-state index contributed by atoms with van der Waals surface area (Å²) in [6, 6.07) is 3.81. The minimum atomic E-state index is -1.00. The van der Waals surface area contributed by atoms with Crippen molar-refractivity contribution < 1.29 is 23.9 Å². The van der Waals surface area contributed by atoms with Gasteiger partial charge < -0.3 is 15.7 Å². The van der Waals surface area contributed by atoms with Crippen LogP contribution in [0.3, 0.4) is 0 Å². The number of carboxylic acid groups (broad SMARTS) is 1. The summed E-state index contributed by atoms with van der Waals surface area (Å²) in [5.41, 5.74) is -0.460. The Kier molecular flexibility index (Phi) is 5.62. The van der Waals surface area contributed by atoms with Crippen molar-refractivity contribution in [1.82, 2.24) is 0 Å². The first-order valence-electron chi connectivity index (χ1n) is 6.68. The number of benzene rings is 1. The Balaban J connectivity index is 2.79. The molecule has 3 N–H and O–H groups in total. The first-order chi connectivity index (χ1) is 10.1. The minimum Gasteiger partial charge on any atom is -0.481 e. The lowest BCUT2D eigenvalue weighted by atomic mass is 9.85. The summed E-state index contributed by atoms with van der Waals surface area (Å²) >= 11 is 0. The number of hydrogen-bond donors (Lipinski definition) is 3. The van der Waals surface area contributed by atoms with E-state index in [-0.39, 0.29) is 24.4 Å². The zero-order chi connectivity index (χ0) is 16.9. The zero-order valence-electron chi connectivity index (χ0n) is 12.7. The molecule has 0 aliphatic heterocycles. The van der Waals surface area contributed by atoms with Gasteiger partial charge in [0, 0.05) is 19.0 Å². The highest BCUT2D eigenvalue weighted by Gasteiger charge is 2.25. The summed E-state index contributed by atoms with van der Waals surface area (Å²) in [6.45, 7) is 4.60. The molecule has 1 rings (SSSR count). The van der Waals surface area contributed by atoms with Crippen LogP contribution < -0.4 is 10.6 Å². The number of anilines is 2. The Hall–Kier alpha value is -2.44. The van der Waals surface area contributed by atoms with Crippen LogP contribution in [0.1, 0.15) is 33.6 Å². The SMILES string of the molecule is CC(=O)Nc1ccc(F)c(NC(=O)CC(C)(C)CC(=O)O)c1. The van der Waals surface area contributed by atoms with Crippen LogP contribution in [0.15, 0.2) is 18.2 Å². The maximum atomic E-state index is 13.7. The largest absolute Gasteiger partial charge is 0.481 e. The normalized spacial score (nSPS) is 10.9. The maximum Gasteiger partial charge on any atom is 0.303 e. The zero-order valence-corrected chi connectivity index (χ0v) is 12.7. The monoisotopic (exact) mass is 310 g/mol. The molecule has 1 aromatic carbocycles. The predicted molar refractivity (Wildman–Crippen MR) is 80.0 cm³/mol. The van der Waals surface area contributed by atoms with E-state index < -0.39 is 23.1 Å². The summed E-state index contributed by atoms with van der Waals surface area (Å²) < 4.78 is 13.7. The molecule has 120 valence electrons. The van der Waals surface area contributed by atoms with E-state index in [0.29, 0.717) is 5.69 Å². The van der Waals surface area contributed by atoms with Gasteiger partial charge in [-0.2, -0.15) is 0 Å². The third-order valence-electron chi connectivity index (χ3n) is 2.83. The Bertz CT molecular complexity index is 599. The molecule has 0 aliphatic rings. The van der Waals surface area contributed by atoms with Crippen molar-refractivity contribution >= 4 is 29.2 Å². The summed E-state index contributed by atoms with van der Waals surface area (Å²) in [6.07, 6.45) is -0.238. The molecule has 0 radical (unpaired) electrons. The van der Waals surface area contributed by atoms with Gasteiger partial charge in [0.1, 0.15) is 5.82 Å². The van der Waals surface area contributed by atoms with Crippen LogP contribution in [-0.4, -0.2) is 22.9 Å². The number of aliphatic carboxylic acids is 1. The first kappa shape index (κ1) is 17.6. The van der Waals surface area contributed by atoms with Crippen molar-refractivity contribution in [2.45, 2.75) is 33.6 Å². The number of carbonyl (C=O) groups excluding carboxylic acids is 2. The van der Waals surface area contributed by atoms with E-state index in [4.69, 9.17) is 5.11 Å². The van der Waals surface area contributed by atoms with Gasteiger partial charge in [0.05, 0.1) is 12.1 Å². The van der Waals surface area contributed by atoms with Gasteiger partial charge in [-0.3, -0.25) is 14.4 Å². The Morgan fingerprint density at radius 1 is 1.18 bits per heavy atom. The van der Waals surface area contributed by atoms with Crippen molar-refractivity contribution in [1.29, 1.82) is 0 Å². The van der Waals surface area contributed by atoms with E-state index in [9.17, 15) is 18.8 Å². The van der Waals surface area contributed by atoms with Crippen LogP contribution in [0.5, 0.6) is 0 Å². The molecule has 0 aromatic heterocycles. The van der Waals surface area contributed by atoms with E-state index in [1.165, 1.54) is 19.1 Å².